The van der Waals surface area contributed by atoms with Gasteiger partial charge in [-0.2, -0.15) is 4.98 Å². The molecule has 0 radical (unpaired) electrons. The third kappa shape index (κ3) is 3.58. The van der Waals surface area contributed by atoms with Crippen LogP contribution in [-0.4, -0.2) is 58.2 Å². The normalized spacial score (nSPS) is 23.3. The fourth-order valence-corrected chi connectivity index (χ4v) is 4.16. The van der Waals surface area contributed by atoms with Gasteiger partial charge in [-0.05, 0) is 0 Å². The van der Waals surface area contributed by atoms with Crippen LogP contribution in [0.1, 0.15) is 12.6 Å². The molecule has 0 amide bonds. The van der Waals surface area contributed by atoms with Crippen LogP contribution in [0.4, 0.5) is 5.95 Å². The van der Waals surface area contributed by atoms with Crippen LogP contribution >= 0.6 is 19.2 Å². The number of aliphatic hydroxyl groups excluding tert-OH is 1. The van der Waals surface area contributed by atoms with Crippen molar-refractivity contribution in [1.29, 1.82) is 0 Å². The highest BCUT2D eigenvalue weighted by Crippen LogP contribution is 2.44. The summed E-state index contributed by atoms with van der Waals surface area (Å²) in [5.74, 6) is 0.0224. The number of phosphoric acid groups is 1. The van der Waals surface area contributed by atoms with Crippen molar-refractivity contribution < 1.29 is 28.7 Å². The van der Waals surface area contributed by atoms with E-state index in [-0.39, 0.29) is 12.4 Å². The topological polar surface area (TPSA) is 179 Å². The number of phosphoric ester groups is 1. The van der Waals surface area contributed by atoms with E-state index in [9.17, 15) is 9.67 Å². The van der Waals surface area contributed by atoms with E-state index < -0.39 is 32.9 Å². The molecule has 5 N–H and O–H groups in total. The molecule has 0 unspecified atom stereocenters. The fourth-order valence-electron chi connectivity index (χ4n) is 2.96. The third-order valence-corrected chi connectivity index (χ3v) is 5.34. The molecule has 0 aliphatic carbocycles. The first-order chi connectivity index (χ1) is 12.9. The number of anilines is 1. The molecule has 4 rings (SSSR count). The van der Waals surface area contributed by atoms with E-state index in [1.165, 1.54) is 17.7 Å². The van der Waals surface area contributed by atoms with E-state index in [2.05, 4.69) is 19.9 Å². The first-order valence-corrected chi connectivity index (χ1v) is 10.2. The molecule has 1 aliphatic heterocycles. The third-order valence-electron chi connectivity index (χ3n) is 4.02. The fraction of sp³-hybridized carbons (Fsp3) is 0.385. The number of fused-ring (bicyclic) bond motifs is 1. The van der Waals surface area contributed by atoms with Gasteiger partial charge >= 0.3 is 7.82 Å². The van der Waals surface area contributed by atoms with Crippen molar-refractivity contribution in [2.75, 3.05) is 12.3 Å². The van der Waals surface area contributed by atoms with E-state index in [0.29, 0.717) is 21.9 Å². The number of aromatic nitrogens is 5. The second-order valence-corrected chi connectivity index (χ2v) is 7.86. The molecule has 3 aromatic heterocycles. The van der Waals surface area contributed by atoms with E-state index in [1.54, 1.807) is 16.1 Å². The minimum Gasteiger partial charge on any atom is -0.394 e. The van der Waals surface area contributed by atoms with Crippen molar-refractivity contribution in [3.8, 4) is 10.7 Å². The Morgan fingerprint density at radius 1 is 1.41 bits per heavy atom. The van der Waals surface area contributed by atoms with Gasteiger partial charge < -0.3 is 25.4 Å². The molecule has 0 saturated carbocycles. The van der Waals surface area contributed by atoms with Gasteiger partial charge in [-0.1, -0.05) is 0 Å². The minimum atomic E-state index is -4.73. The molecule has 14 heteroatoms. The maximum absolute atomic E-state index is 11.1. The summed E-state index contributed by atoms with van der Waals surface area (Å²) in [6, 6.07) is 0. The Labute approximate surface area is 155 Å². The van der Waals surface area contributed by atoms with Gasteiger partial charge in [-0.15, -0.1) is 11.3 Å². The first-order valence-electron chi connectivity index (χ1n) is 7.76. The molecule has 3 aromatic rings. The summed E-state index contributed by atoms with van der Waals surface area (Å²) in [5.41, 5.74) is 7.15. The van der Waals surface area contributed by atoms with Crippen LogP contribution in [0.3, 0.4) is 0 Å². The quantitative estimate of drug-likeness (QED) is 0.422. The number of rotatable bonds is 5. The molecular formula is C13H15N6O6PS. The number of aliphatic hydroxyl groups is 1. The summed E-state index contributed by atoms with van der Waals surface area (Å²) in [7, 11) is -4.73. The monoisotopic (exact) mass is 414 g/mol. The average Bonchev–Trinajstić information content (AvgIpc) is 3.31. The van der Waals surface area contributed by atoms with Crippen molar-refractivity contribution >= 4 is 36.3 Å². The zero-order valence-electron chi connectivity index (χ0n) is 13.6. The van der Waals surface area contributed by atoms with Gasteiger partial charge in [-0.25, -0.2) is 19.5 Å². The first kappa shape index (κ1) is 18.4. The zero-order valence-corrected chi connectivity index (χ0v) is 15.3. The lowest BCUT2D eigenvalue weighted by Crippen LogP contribution is -2.26. The van der Waals surface area contributed by atoms with Crippen molar-refractivity contribution in [2.45, 2.75) is 24.9 Å². The summed E-state index contributed by atoms with van der Waals surface area (Å²) < 4.78 is 23.1. The highest BCUT2D eigenvalue weighted by atomic mass is 32.1. The highest BCUT2D eigenvalue weighted by molar-refractivity contribution is 7.46. The minimum absolute atomic E-state index is 0.0224. The van der Waals surface area contributed by atoms with Crippen LogP contribution in [0.15, 0.2) is 17.9 Å². The molecule has 144 valence electrons. The summed E-state index contributed by atoms with van der Waals surface area (Å²) in [4.78, 5) is 35.1. The second-order valence-electron chi connectivity index (χ2n) is 5.77. The molecule has 1 fully saturated rings. The zero-order chi connectivity index (χ0) is 19.2. The second kappa shape index (κ2) is 6.87. The van der Waals surface area contributed by atoms with Gasteiger partial charge in [0.25, 0.3) is 0 Å². The van der Waals surface area contributed by atoms with E-state index >= 15 is 0 Å². The number of nitrogen functional groups attached to an aromatic ring is 1. The number of nitrogens with zero attached hydrogens (tertiary/aromatic N) is 5. The summed E-state index contributed by atoms with van der Waals surface area (Å²) in [6.45, 7) is -0.463. The largest absolute Gasteiger partial charge is 0.469 e. The standard InChI is InChI=1S/C13H15N6O6PS/c14-13-17-10(12-15-1-2-27-12)9-11(18-13)19(5-16-9)8-3-6(7(4-20)24-8)25-26(21,22)23/h1-2,5-8,20H,3-4H2,(H2,14,17,18)(H2,21,22,23)/t6-,7+,8+/m0/s1. The molecule has 12 nitrogen and oxygen atoms in total. The Kier molecular flexibility index (Phi) is 4.68. The molecule has 1 saturated heterocycles. The molecule has 4 heterocycles. The van der Waals surface area contributed by atoms with Crippen LogP contribution in [-0.2, 0) is 13.8 Å². The number of hydrogen-bond donors (Lipinski definition) is 4. The van der Waals surface area contributed by atoms with E-state index in [1.807, 2.05) is 0 Å². The number of nitrogens with two attached hydrogens (primary N) is 1. The lowest BCUT2D eigenvalue weighted by Gasteiger charge is -2.16. The SMILES string of the molecule is Nc1nc(-c2nccs2)c2ncn([C@H]3C[C@H](OP(=O)(O)O)[C@@H](CO)O3)c2n1. The Hall–Kier alpha value is -1.99. The Balaban J connectivity index is 1.72. The lowest BCUT2D eigenvalue weighted by molar-refractivity contribution is -0.0425. The van der Waals surface area contributed by atoms with Crippen LogP contribution in [0.2, 0.25) is 0 Å². The molecule has 0 spiro atoms. The lowest BCUT2D eigenvalue weighted by atomic mass is 10.2. The summed E-state index contributed by atoms with van der Waals surface area (Å²) in [6.07, 6.45) is 0.584. The summed E-state index contributed by atoms with van der Waals surface area (Å²) in [5, 5.41) is 11.9. The van der Waals surface area contributed by atoms with Gasteiger partial charge in [0, 0.05) is 18.0 Å². The van der Waals surface area contributed by atoms with Crippen LogP contribution in [0, 0.1) is 0 Å². The Morgan fingerprint density at radius 3 is 2.89 bits per heavy atom. The average molecular weight is 414 g/mol. The van der Waals surface area contributed by atoms with Crippen molar-refractivity contribution in [2.24, 2.45) is 0 Å². The predicted molar refractivity (Wildman–Crippen MR) is 93.4 cm³/mol. The molecular weight excluding hydrogens is 399 g/mol. The smallest absolute Gasteiger partial charge is 0.394 e. The molecule has 0 bridgehead atoms. The maximum atomic E-state index is 11.1. The Bertz CT molecular complexity index is 1010. The number of imidazole rings is 1. The van der Waals surface area contributed by atoms with Crippen molar-refractivity contribution in [1.82, 2.24) is 24.5 Å². The van der Waals surface area contributed by atoms with Crippen molar-refractivity contribution in [3.63, 3.8) is 0 Å². The van der Waals surface area contributed by atoms with Gasteiger partial charge in [0.05, 0.1) is 12.9 Å². The maximum Gasteiger partial charge on any atom is 0.469 e. The van der Waals surface area contributed by atoms with Gasteiger partial charge in [0.15, 0.2) is 5.65 Å². The summed E-state index contributed by atoms with van der Waals surface area (Å²) >= 11 is 1.37. The number of ether oxygens (including phenoxy) is 1. The van der Waals surface area contributed by atoms with Gasteiger partial charge in [-0.3, -0.25) is 9.09 Å². The predicted octanol–water partition coefficient (Wildman–Crippen LogP) is 0.290. The molecule has 3 atom stereocenters. The number of hydrogen-bond acceptors (Lipinski definition) is 10. The highest BCUT2D eigenvalue weighted by Gasteiger charge is 2.41. The molecule has 0 aromatic carbocycles. The van der Waals surface area contributed by atoms with E-state index in [0.717, 1.165) is 0 Å². The Morgan fingerprint density at radius 2 is 2.22 bits per heavy atom. The van der Waals surface area contributed by atoms with Crippen LogP contribution in [0.5, 0.6) is 0 Å². The van der Waals surface area contributed by atoms with Gasteiger partial charge in [0.2, 0.25) is 5.95 Å². The van der Waals surface area contributed by atoms with Crippen LogP contribution < -0.4 is 5.73 Å². The number of thiazole rings is 1. The molecule has 1 aliphatic rings. The van der Waals surface area contributed by atoms with Gasteiger partial charge in [0.1, 0.15) is 34.7 Å². The van der Waals surface area contributed by atoms with Crippen LogP contribution in [0.25, 0.3) is 21.9 Å². The molecule has 27 heavy (non-hydrogen) atoms. The van der Waals surface area contributed by atoms with Crippen molar-refractivity contribution in [3.05, 3.63) is 17.9 Å². The van der Waals surface area contributed by atoms with E-state index in [4.69, 9.17) is 24.8 Å².